The van der Waals surface area contributed by atoms with Gasteiger partial charge in [0.05, 0.1) is 6.04 Å². The van der Waals surface area contributed by atoms with Gasteiger partial charge in [0.2, 0.25) is 0 Å². The molecule has 1 N–H and O–H groups in total. The Kier molecular flexibility index (Phi) is 4.57. The maximum atomic E-state index is 3.74. The van der Waals surface area contributed by atoms with Gasteiger partial charge in [0, 0.05) is 16.3 Å². The second-order valence-corrected chi connectivity index (χ2v) is 7.22. The first-order valence-corrected chi connectivity index (χ1v) is 9.49. The van der Waals surface area contributed by atoms with Crippen molar-refractivity contribution in [3.63, 3.8) is 0 Å². The van der Waals surface area contributed by atoms with E-state index in [1.165, 1.54) is 27.3 Å². The van der Waals surface area contributed by atoms with Crippen LogP contribution in [-0.2, 0) is 12.2 Å². The SMILES string of the molecule is c1ccc(CSc2ccccc2C2CCc3ccccc3N2)cc1. The van der Waals surface area contributed by atoms with E-state index < -0.39 is 0 Å². The van der Waals surface area contributed by atoms with Crippen LogP contribution >= 0.6 is 11.8 Å². The summed E-state index contributed by atoms with van der Waals surface area (Å²) in [6.07, 6.45) is 2.30. The highest BCUT2D eigenvalue weighted by molar-refractivity contribution is 7.98. The molecule has 1 heterocycles. The van der Waals surface area contributed by atoms with Crippen molar-refractivity contribution >= 4 is 17.4 Å². The largest absolute Gasteiger partial charge is 0.378 e. The van der Waals surface area contributed by atoms with E-state index in [1.54, 1.807) is 0 Å². The lowest BCUT2D eigenvalue weighted by Gasteiger charge is -2.28. The van der Waals surface area contributed by atoms with Gasteiger partial charge in [-0.2, -0.15) is 0 Å². The molecule has 1 nitrogen and oxygen atoms in total. The Morgan fingerprint density at radius 3 is 2.50 bits per heavy atom. The summed E-state index contributed by atoms with van der Waals surface area (Å²) < 4.78 is 0. The van der Waals surface area contributed by atoms with Crippen LogP contribution in [0, 0.1) is 0 Å². The number of anilines is 1. The number of fused-ring (bicyclic) bond motifs is 1. The predicted octanol–water partition coefficient (Wildman–Crippen LogP) is 6.08. The topological polar surface area (TPSA) is 12.0 Å². The highest BCUT2D eigenvalue weighted by Gasteiger charge is 2.20. The van der Waals surface area contributed by atoms with Crippen LogP contribution in [0.4, 0.5) is 5.69 Å². The molecule has 120 valence electrons. The number of nitrogens with one attached hydrogen (secondary N) is 1. The predicted molar refractivity (Wildman–Crippen MR) is 104 cm³/mol. The Bertz CT molecular complexity index is 813. The van der Waals surface area contributed by atoms with E-state index in [-0.39, 0.29) is 0 Å². The minimum atomic E-state index is 0.402. The molecule has 0 fully saturated rings. The Hall–Kier alpha value is -2.19. The summed E-state index contributed by atoms with van der Waals surface area (Å²) in [4.78, 5) is 1.39. The molecule has 3 aromatic carbocycles. The zero-order chi connectivity index (χ0) is 16.2. The van der Waals surface area contributed by atoms with Crippen molar-refractivity contribution < 1.29 is 0 Å². The number of benzene rings is 3. The monoisotopic (exact) mass is 331 g/mol. The standard InChI is InChI=1S/C22H21NS/c1-2-8-17(9-3-1)16-24-22-13-7-5-11-19(22)21-15-14-18-10-4-6-12-20(18)23-21/h1-13,21,23H,14-16H2. The highest BCUT2D eigenvalue weighted by atomic mass is 32.2. The third-order valence-electron chi connectivity index (χ3n) is 4.58. The molecule has 1 atom stereocenters. The first kappa shape index (κ1) is 15.3. The number of para-hydroxylation sites is 1. The van der Waals surface area contributed by atoms with Gasteiger partial charge in [0.25, 0.3) is 0 Å². The number of rotatable bonds is 4. The van der Waals surface area contributed by atoms with Gasteiger partial charge in [0.15, 0.2) is 0 Å². The van der Waals surface area contributed by atoms with E-state index in [2.05, 4.69) is 84.2 Å². The van der Waals surface area contributed by atoms with E-state index in [0.29, 0.717) is 6.04 Å². The number of hydrogen-bond acceptors (Lipinski definition) is 2. The van der Waals surface area contributed by atoms with E-state index in [9.17, 15) is 0 Å². The van der Waals surface area contributed by atoms with Gasteiger partial charge in [0.1, 0.15) is 0 Å². The van der Waals surface area contributed by atoms with Gasteiger partial charge in [-0.1, -0.05) is 66.7 Å². The number of hydrogen-bond donors (Lipinski definition) is 1. The van der Waals surface area contributed by atoms with Crippen LogP contribution in [0.3, 0.4) is 0 Å². The quantitative estimate of drug-likeness (QED) is 0.582. The summed E-state index contributed by atoms with van der Waals surface area (Å²) in [5, 5.41) is 3.74. The van der Waals surface area contributed by atoms with E-state index >= 15 is 0 Å². The van der Waals surface area contributed by atoms with Gasteiger partial charge in [-0.3, -0.25) is 0 Å². The molecule has 0 bridgehead atoms. The fourth-order valence-corrected chi connectivity index (χ4v) is 4.37. The third kappa shape index (κ3) is 3.34. The molecule has 0 saturated heterocycles. The van der Waals surface area contributed by atoms with Crippen molar-refractivity contribution in [2.45, 2.75) is 29.5 Å². The van der Waals surface area contributed by atoms with Crippen molar-refractivity contribution in [1.82, 2.24) is 0 Å². The molecule has 0 saturated carbocycles. The van der Waals surface area contributed by atoms with Crippen molar-refractivity contribution in [3.05, 3.63) is 95.6 Å². The van der Waals surface area contributed by atoms with Gasteiger partial charge in [-0.05, 0) is 41.7 Å². The average Bonchev–Trinajstić information content (AvgIpc) is 2.67. The normalized spacial score (nSPS) is 16.2. The summed E-state index contributed by atoms with van der Waals surface area (Å²) in [6, 6.07) is 28.6. The molecule has 0 aromatic heterocycles. The molecular weight excluding hydrogens is 310 g/mol. The lowest BCUT2D eigenvalue weighted by atomic mass is 9.93. The molecule has 2 heteroatoms. The molecule has 0 aliphatic carbocycles. The molecular formula is C22H21NS. The Labute approximate surface area is 148 Å². The minimum Gasteiger partial charge on any atom is -0.378 e. The molecule has 0 radical (unpaired) electrons. The number of aryl methyl sites for hydroxylation is 1. The molecule has 4 rings (SSSR count). The molecule has 1 aliphatic heterocycles. The highest BCUT2D eigenvalue weighted by Crippen LogP contribution is 2.37. The summed E-state index contributed by atoms with van der Waals surface area (Å²) in [5.41, 5.74) is 5.52. The summed E-state index contributed by atoms with van der Waals surface area (Å²) in [5.74, 6) is 1.02. The lowest BCUT2D eigenvalue weighted by molar-refractivity contribution is 0.658. The second-order valence-electron chi connectivity index (χ2n) is 6.20. The smallest absolute Gasteiger partial charge is 0.0528 e. The zero-order valence-electron chi connectivity index (χ0n) is 13.6. The van der Waals surface area contributed by atoms with Crippen LogP contribution in [0.25, 0.3) is 0 Å². The average molecular weight is 331 g/mol. The van der Waals surface area contributed by atoms with Crippen LogP contribution in [0.1, 0.15) is 29.2 Å². The summed E-state index contributed by atoms with van der Waals surface area (Å²) >= 11 is 1.94. The third-order valence-corrected chi connectivity index (χ3v) is 5.74. The van der Waals surface area contributed by atoms with E-state index in [1.807, 2.05) is 11.8 Å². The Morgan fingerprint density at radius 2 is 1.58 bits per heavy atom. The lowest BCUT2D eigenvalue weighted by Crippen LogP contribution is -2.18. The Morgan fingerprint density at radius 1 is 0.833 bits per heavy atom. The van der Waals surface area contributed by atoms with Crippen LogP contribution in [0.2, 0.25) is 0 Å². The summed E-state index contributed by atoms with van der Waals surface area (Å²) in [6.45, 7) is 0. The fraction of sp³-hybridized carbons (Fsp3) is 0.182. The van der Waals surface area contributed by atoms with Crippen molar-refractivity contribution in [1.29, 1.82) is 0 Å². The maximum Gasteiger partial charge on any atom is 0.0528 e. The van der Waals surface area contributed by atoms with Crippen LogP contribution in [0.15, 0.2) is 83.8 Å². The summed E-state index contributed by atoms with van der Waals surface area (Å²) in [7, 11) is 0. The molecule has 0 spiro atoms. The van der Waals surface area contributed by atoms with Crippen molar-refractivity contribution in [3.8, 4) is 0 Å². The van der Waals surface area contributed by atoms with Gasteiger partial charge >= 0.3 is 0 Å². The molecule has 3 aromatic rings. The molecule has 24 heavy (non-hydrogen) atoms. The van der Waals surface area contributed by atoms with E-state index in [0.717, 1.165) is 18.6 Å². The minimum absolute atomic E-state index is 0.402. The Balaban J connectivity index is 1.54. The zero-order valence-corrected chi connectivity index (χ0v) is 14.4. The van der Waals surface area contributed by atoms with Crippen LogP contribution in [-0.4, -0.2) is 0 Å². The second kappa shape index (κ2) is 7.14. The molecule has 1 unspecified atom stereocenters. The fourth-order valence-electron chi connectivity index (χ4n) is 3.31. The number of thioether (sulfide) groups is 1. The van der Waals surface area contributed by atoms with Gasteiger partial charge < -0.3 is 5.32 Å². The van der Waals surface area contributed by atoms with Crippen molar-refractivity contribution in [2.75, 3.05) is 5.32 Å². The maximum absolute atomic E-state index is 3.74. The van der Waals surface area contributed by atoms with Gasteiger partial charge in [-0.15, -0.1) is 11.8 Å². The van der Waals surface area contributed by atoms with Crippen LogP contribution in [0.5, 0.6) is 0 Å². The molecule has 1 aliphatic rings. The van der Waals surface area contributed by atoms with Crippen molar-refractivity contribution in [2.24, 2.45) is 0 Å². The van der Waals surface area contributed by atoms with E-state index in [4.69, 9.17) is 0 Å². The van der Waals surface area contributed by atoms with Crippen LogP contribution < -0.4 is 5.32 Å². The first-order valence-electron chi connectivity index (χ1n) is 8.50. The molecule has 0 amide bonds. The first-order chi connectivity index (χ1) is 11.9. The van der Waals surface area contributed by atoms with Gasteiger partial charge in [-0.25, -0.2) is 0 Å².